The minimum Gasteiger partial charge on any atom is -0.479 e. The highest BCUT2D eigenvalue weighted by molar-refractivity contribution is 5.74. The van der Waals surface area contributed by atoms with E-state index in [1.165, 1.54) is 70.6 Å². The van der Waals surface area contributed by atoms with Gasteiger partial charge >= 0.3 is 23.9 Å². The van der Waals surface area contributed by atoms with Crippen LogP contribution in [0.25, 0.3) is 0 Å². The Balaban J connectivity index is 2.71. The number of ether oxygens (including phenoxy) is 5. The van der Waals surface area contributed by atoms with Crippen molar-refractivity contribution in [3.63, 3.8) is 0 Å². The van der Waals surface area contributed by atoms with E-state index < -0.39 is 67.3 Å². The molecule has 1 rings (SSSR count). The number of aliphatic carboxylic acids is 1. The lowest BCUT2D eigenvalue weighted by molar-refractivity contribution is -0.301. The predicted molar refractivity (Wildman–Crippen MR) is 285 cm³/mol. The van der Waals surface area contributed by atoms with E-state index in [0.717, 1.165) is 109 Å². The first-order valence-corrected chi connectivity index (χ1v) is 28.3. The molecule has 12 heteroatoms. The molecule has 1 saturated heterocycles. The summed E-state index contributed by atoms with van der Waals surface area (Å²) in [4.78, 5) is 50.9. The zero-order valence-electron chi connectivity index (χ0n) is 44.7. The number of carbonyl (C=O) groups excluding carboxylic acids is 3. The average molecular weight is 1000 g/mol. The minimum atomic E-state index is -1.91. The van der Waals surface area contributed by atoms with Gasteiger partial charge in [-0.3, -0.25) is 14.4 Å². The monoisotopic (exact) mass is 1000 g/mol. The molecule has 1 fully saturated rings. The van der Waals surface area contributed by atoms with Crippen LogP contribution in [0.15, 0.2) is 60.8 Å². The van der Waals surface area contributed by atoms with Gasteiger partial charge in [0, 0.05) is 19.3 Å². The van der Waals surface area contributed by atoms with Crippen molar-refractivity contribution in [2.75, 3.05) is 13.2 Å². The molecule has 0 amide bonds. The van der Waals surface area contributed by atoms with Crippen molar-refractivity contribution in [3.8, 4) is 0 Å². The summed E-state index contributed by atoms with van der Waals surface area (Å²) in [5, 5.41) is 31.4. The lowest BCUT2D eigenvalue weighted by atomic mass is 9.98. The Morgan fingerprint density at radius 1 is 0.479 bits per heavy atom. The van der Waals surface area contributed by atoms with Gasteiger partial charge in [-0.05, 0) is 83.5 Å². The van der Waals surface area contributed by atoms with Crippen molar-refractivity contribution < 1.29 is 58.2 Å². The third-order valence-corrected chi connectivity index (χ3v) is 12.6. The molecule has 3 N–H and O–H groups in total. The highest BCUT2D eigenvalue weighted by Crippen LogP contribution is 2.26. The van der Waals surface area contributed by atoms with Crippen molar-refractivity contribution in [2.45, 2.75) is 276 Å². The summed E-state index contributed by atoms with van der Waals surface area (Å²) in [5.74, 6) is -3.15. The van der Waals surface area contributed by atoms with Crippen LogP contribution >= 0.6 is 0 Å². The fourth-order valence-corrected chi connectivity index (χ4v) is 8.24. The Bertz CT molecular complexity index is 1470. The first-order valence-electron chi connectivity index (χ1n) is 28.3. The Morgan fingerprint density at radius 3 is 1.38 bits per heavy atom. The summed E-state index contributed by atoms with van der Waals surface area (Å²) in [6.45, 7) is 5.82. The van der Waals surface area contributed by atoms with Crippen LogP contribution in [0.1, 0.15) is 239 Å². The Hall–Kier alpha value is -3.58. The molecule has 0 saturated carbocycles. The highest BCUT2D eigenvalue weighted by Gasteiger charge is 2.50. The largest absolute Gasteiger partial charge is 0.479 e. The van der Waals surface area contributed by atoms with E-state index in [1.54, 1.807) is 0 Å². The molecular formula is C59H100O12. The maximum absolute atomic E-state index is 13.1. The topological polar surface area (TPSA) is 175 Å². The number of carbonyl (C=O) groups is 4. The van der Waals surface area contributed by atoms with E-state index >= 15 is 0 Å². The van der Waals surface area contributed by atoms with E-state index in [4.69, 9.17) is 23.7 Å². The van der Waals surface area contributed by atoms with Gasteiger partial charge in [-0.1, -0.05) is 197 Å². The molecule has 12 nitrogen and oxygen atoms in total. The summed E-state index contributed by atoms with van der Waals surface area (Å²) < 4.78 is 28.3. The lowest BCUT2D eigenvalue weighted by Gasteiger charge is -2.40. The molecule has 1 aliphatic rings. The van der Waals surface area contributed by atoms with Crippen LogP contribution in [-0.2, 0) is 42.9 Å². The van der Waals surface area contributed by atoms with Gasteiger partial charge in [0.25, 0.3) is 0 Å². The van der Waals surface area contributed by atoms with E-state index in [-0.39, 0.29) is 25.9 Å². The molecule has 0 aromatic carbocycles. The number of hydrogen-bond donors (Lipinski definition) is 3. The molecule has 6 atom stereocenters. The van der Waals surface area contributed by atoms with E-state index in [9.17, 15) is 34.5 Å². The maximum Gasteiger partial charge on any atom is 0.335 e. The number of carboxylic acids is 1. The summed E-state index contributed by atoms with van der Waals surface area (Å²) in [6, 6.07) is 0. The first-order chi connectivity index (χ1) is 34.6. The summed E-state index contributed by atoms with van der Waals surface area (Å²) in [5.41, 5.74) is 0. The number of esters is 3. The number of aliphatic hydroxyl groups excluding tert-OH is 2. The zero-order valence-corrected chi connectivity index (χ0v) is 44.7. The van der Waals surface area contributed by atoms with Gasteiger partial charge in [-0.15, -0.1) is 0 Å². The van der Waals surface area contributed by atoms with Crippen molar-refractivity contribution >= 4 is 23.9 Å². The molecule has 0 aromatic heterocycles. The quantitative estimate of drug-likeness (QED) is 0.0228. The molecule has 71 heavy (non-hydrogen) atoms. The van der Waals surface area contributed by atoms with Crippen LogP contribution in [-0.4, -0.2) is 89.2 Å². The predicted octanol–water partition coefficient (Wildman–Crippen LogP) is 14.0. The van der Waals surface area contributed by atoms with Crippen LogP contribution < -0.4 is 0 Å². The van der Waals surface area contributed by atoms with Crippen molar-refractivity contribution in [3.05, 3.63) is 60.8 Å². The second-order valence-corrected chi connectivity index (χ2v) is 19.2. The fourth-order valence-electron chi connectivity index (χ4n) is 8.24. The molecular weight excluding hydrogens is 901 g/mol. The van der Waals surface area contributed by atoms with Crippen LogP contribution in [0.5, 0.6) is 0 Å². The normalized spacial score (nSPS) is 18.9. The summed E-state index contributed by atoms with van der Waals surface area (Å²) >= 11 is 0. The lowest BCUT2D eigenvalue weighted by Crippen LogP contribution is -2.61. The zero-order chi connectivity index (χ0) is 51.8. The third-order valence-electron chi connectivity index (χ3n) is 12.6. The number of hydrogen-bond acceptors (Lipinski definition) is 11. The Kier molecular flexibility index (Phi) is 43.7. The van der Waals surface area contributed by atoms with Crippen LogP contribution in [0.3, 0.4) is 0 Å². The van der Waals surface area contributed by atoms with Crippen molar-refractivity contribution in [2.24, 2.45) is 0 Å². The van der Waals surface area contributed by atoms with Gasteiger partial charge in [0.15, 0.2) is 24.6 Å². The van der Waals surface area contributed by atoms with Gasteiger partial charge in [-0.2, -0.15) is 0 Å². The van der Waals surface area contributed by atoms with Crippen LogP contribution in [0.2, 0.25) is 0 Å². The Labute approximate surface area is 430 Å². The standard InChI is InChI=1S/C59H100O12/c1-4-7-10-13-16-19-22-24-25-26-27-29-31-33-36-39-42-45-51(60)67-48-50(69-52(61)46-43-40-37-34-30-21-18-15-12-9-6-3)49-68-59-57(55(64)54(63)56(71-59)58(65)66)70-53(62)47-44-41-38-35-32-28-23-20-17-14-11-8-5-2/h7,10,16,19-20,23-25,27,29,50,54-57,59,63-64H,4-6,8-9,11-15,17-18,21-22,26,28,30-49H2,1-3H3,(H,65,66)/b10-7-,19-16-,23-20-,25-24-,29-27-. The molecule has 1 heterocycles. The molecule has 0 aromatic rings. The Morgan fingerprint density at radius 2 is 0.887 bits per heavy atom. The van der Waals surface area contributed by atoms with Gasteiger partial charge in [-0.25, -0.2) is 4.79 Å². The number of allylic oxidation sites excluding steroid dienone is 10. The van der Waals surface area contributed by atoms with Gasteiger partial charge in [0.2, 0.25) is 0 Å². The number of rotatable bonds is 47. The number of aliphatic hydroxyl groups is 2. The SMILES string of the molecule is CC/C=C\C/C=C\C/C=C\C/C=C\CCCCCCC(=O)OCC(COC1OC(C(=O)O)C(O)C(O)C1OC(=O)CCCCCCC/C=C\CCCCCC)OC(=O)CCCCCCCCCCCCC. The number of unbranched alkanes of at least 4 members (excludes halogenated alkanes) is 23. The van der Waals surface area contributed by atoms with Gasteiger partial charge < -0.3 is 39.0 Å². The third kappa shape index (κ3) is 37.8. The van der Waals surface area contributed by atoms with Crippen molar-refractivity contribution in [1.29, 1.82) is 0 Å². The maximum atomic E-state index is 13.1. The molecule has 0 aliphatic carbocycles. The van der Waals surface area contributed by atoms with Crippen molar-refractivity contribution in [1.82, 2.24) is 0 Å². The van der Waals surface area contributed by atoms with E-state index in [1.807, 2.05) is 0 Å². The average Bonchev–Trinajstić information content (AvgIpc) is 3.35. The molecule has 0 radical (unpaired) electrons. The van der Waals surface area contributed by atoms with Gasteiger partial charge in [0.1, 0.15) is 18.8 Å². The molecule has 1 aliphatic heterocycles. The molecule has 6 unspecified atom stereocenters. The summed E-state index contributed by atoms with van der Waals surface area (Å²) in [6.07, 6.45) is 44.8. The van der Waals surface area contributed by atoms with E-state index in [0.29, 0.717) is 19.3 Å². The fraction of sp³-hybridized carbons (Fsp3) is 0.763. The van der Waals surface area contributed by atoms with E-state index in [2.05, 4.69) is 81.5 Å². The smallest absolute Gasteiger partial charge is 0.335 e. The molecule has 0 bridgehead atoms. The molecule has 0 spiro atoms. The second-order valence-electron chi connectivity index (χ2n) is 19.2. The highest BCUT2D eigenvalue weighted by atomic mass is 16.7. The molecule has 408 valence electrons. The van der Waals surface area contributed by atoms with Crippen LogP contribution in [0, 0.1) is 0 Å². The number of carboxylic acid groups (broad SMARTS) is 1. The first kappa shape index (κ1) is 65.4. The van der Waals surface area contributed by atoms with Crippen LogP contribution in [0.4, 0.5) is 0 Å². The minimum absolute atomic E-state index is 0.0482. The van der Waals surface area contributed by atoms with Gasteiger partial charge in [0.05, 0.1) is 6.61 Å². The summed E-state index contributed by atoms with van der Waals surface area (Å²) in [7, 11) is 0. The second kappa shape index (κ2) is 47.4.